The van der Waals surface area contributed by atoms with Gasteiger partial charge in [-0.25, -0.2) is 4.79 Å². The number of piperazine rings is 1. The third-order valence-corrected chi connectivity index (χ3v) is 4.39. The Morgan fingerprint density at radius 1 is 1.19 bits per heavy atom. The Kier molecular flexibility index (Phi) is 6.14. The molecule has 3 amide bonds. The highest BCUT2D eigenvalue weighted by Gasteiger charge is 2.19. The van der Waals surface area contributed by atoms with Gasteiger partial charge in [-0.05, 0) is 36.2 Å². The van der Waals surface area contributed by atoms with Crippen LogP contribution in [0.15, 0.2) is 48.5 Å². The Balaban J connectivity index is 1.53. The number of anilines is 2. The molecule has 0 aromatic heterocycles. The Bertz CT molecular complexity index is 792. The van der Waals surface area contributed by atoms with Gasteiger partial charge < -0.3 is 25.6 Å². The van der Waals surface area contributed by atoms with Gasteiger partial charge in [0.15, 0.2) is 0 Å². The molecule has 2 aromatic rings. The molecule has 0 unspecified atom stereocenters. The fourth-order valence-electron chi connectivity index (χ4n) is 2.98. The number of carbonyl (C=O) groups excluding carboxylic acids is 2. The van der Waals surface area contributed by atoms with E-state index in [1.54, 1.807) is 7.11 Å². The minimum absolute atomic E-state index is 0.0139. The van der Waals surface area contributed by atoms with Crippen molar-refractivity contribution in [3.05, 3.63) is 54.1 Å². The van der Waals surface area contributed by atoms with Crippen molar-refractivity contribution in [3.63, 3.8) is 0 Å². The van der Waals surface area contributed by atoms with Crippen molar-refractivity contribution in [2.24, 2.45) is 0 Å². The number of methoxy groups -OCH3 is 1. The molecule has 0 aliphatic carbocycles. The standard InChI is InChI=1S/C20H24N4O3/c1-27-16-8-6-15(7-9-16)10-11-22-20(26)23-17-4-2-3-5-18(17)24-13-12-21-19(25)14-24/h2-9H,10-14H2,1H3,(H,21,25)(H2,22,23,26). The van der Waals surface area contributed by atoms with Crippen LogP contribution in [-0.4, -0.2) is 45.2 Å². The second-order valence-corrected chi connectivity index (χ2v) is 6.27. The average molecular weight is 368 g/mol. The van der Waals surface area contributed by atoms with E-state index in [2.05, 4.69) is 16.0 Å². The first-order valence-corrected chi connectivity index (χ1v) is 8.94. The summed E-state index contributed by atoms with van der Waals surface area (Å²) in [6.07, 6.45) is 0.728. The van der Waals surface area contributed by atoms with Crippen LogP contribution in [0.25, 0.3) is 0 Å². The predicted molar refractivity (Wildman–Crippen MR) is 105 cm³/mol. The van der Waals surface area contributed by atoms with E-state index >= 15 is 0 Å². The lowest BCUT2D eigenvalue weighted by molar-refractivity contribution is -0.120. The number of hydrogen-bond donors (Lipinski definition) is 3. The van der Waals surface area contributed by atoms with Crippen molar-refractivity contribution >= 4 is 23.3 Å². The number of benzene rings is 2. The molecule has 1 aliphatic heterocycles. The van der Waals surface area contributed by atoms with E-state index in [4.69, 9.17) is 4.74 Å². The maximum absolute atomic E-state index is 12.3. The highest BCUT2D eigenvalue weighted by molar-refractivity contribution is 5.94. The van der Waals surface area contributed by atoms with Crippen LogP contribution < -0.4 is 25.6 Å². The van der Waals surface area contributed by atoms with E-state index in [-0.39, 0.29) is 18.5 Å². The number of amides is 3. The first-order chi connectivity index (χ1) is 13.2. The molecule has 7 heteroatoms. The SMILES string of the molecule is COc1ccc(CCNC(=O)Nc2ccccc2N2CCNC(=O)C2)cc1. The molecule has 2 aromatic carbocycles. The van der Waals surface area contributed by atoms with Gasteiger partial charge >= 0.3 is 6.03 Å². The third-order valence-electron chi connectivity index (χ3n) is 4.39. The van der Waals surface area contributed by atoms with Crippen LogP contribution in [0.4, 0.5) is 16.2 Å². The molecule has 1 fully saturated rings. The number of rotatable bonds is 6. The number of urea groups is 1. The minimum atomic E-state index is -0.266. The molecular weight excluding hydrogens is 344 g/mol. The Morgan fingerprint density at radius 3 is 2.70 bits per heavy atom. The molecule has 3 N–H and O–H groups in total. The van der Waals surface area contributed by atoms with Gasteiger partial charge in [0.05, 0.1) is 25.0 Å². The van der Waals surface area contributed by atoms with Gasteiger partial charge in [0, 0.05) is 19.6 Å². The van der Waals surface area contributed by atoms with Crippen LogP contribution in [0.2, 0.25) is 0 Å². The Hall–Kier alpha value is -3.22. The topological polar surface area (TPSA) is 82.7 Å². The van der Waals surface area contributed by atoms with Gasteiger partial charge in [0.2, 0.25) is 5.91 Å². The van der Waals surface area contributed by atoms with Crippen molar-refractivity contribution in [2.75, 3.05) is 43.5 Å². The highest BCUT2D eigenvalue weighted by atomic mass is 16.5. The first-order valence-electron chi connectivity index (χ1n) is 8.94. The van der Waals surface area contributed by atoms with Gasteiger partial charge in [-0.1, -0.05) is 24.3 Å². The Morgan fingerprint density at radius 2 is 1.96 bits per heavy atom. The second-order valence-electron chi connectivity index (χ2n) is 6.27. The third kappa shape index (κ3) is 5.13. The van der Waals surface area contributed by atoms with Crippen LogP contribution in [0.3, 0.4) is 0 Å². The van der Waals surface area contributed by atoms with E-state index in [1.165, 1.54) is 0 Å². The average Bonchev–Trinajstić information content (AvgIpc) is 2.69. The molecule has 1 heterocycles. The molecule has 7 nitrogen and oxygen atoms in total. The molecule has 1 aliphatic rings. The summed E-state index contributed by atoms with van der Waals surface area (Å²) >= 11 is 0. The summed E-state index contributed by atoms with van der Waals surface area (Å²) in [5.74, 6) is 0.799. The lowest BCUT2D eigenvalue weighted by Crippen LogP contribution is -2.48. The molecule has 1 saturated heterocycles. The lowest BCUT2D eigenvalue weighted by atomic mass is 10.1. The second kappa shape index (κ2) is 8.93. The molecule has 142 valence electrons. The molecule has 27 heavy (non-hydrogen) atoms. The van der Waals surface area contributed by atoms with Crippen molar-refractivity contribution in [2.45, 2.75) is 6.42 Å². The van der Waals surface area contributed by atoms with Gasteiger partial charge in [-0.15, -0.1) is 0 Å². The van der Waals surface area contributed by atoms with E-state index in [0.29, 0.717) is 25.3 Å². The van der Waals surface area contributed by atoms with E-state index in [1.807, 2.05) is 53.4 Å². The van der Waals surface area contributed by atoms with E-state index < -0.39 is 0 Å². The summed E-state index contributed by atoms with van der Waals surface area (Å²) in [6, 6.07) is 15.0. The van der Waals surface area contributed by atoms with Crippen molar-refractivity contribution in [1.29, 1.82) is 0 Å². The van der Waals surface area contributed by atoms with Crippen molar-refractivity contribution in [3.8, 4) is 5.75 Å². The lowest BCUT2D eigenvalue weighted by Gasteiger charge is -2.30. The zero-order valence-electron chi connectivity index (χ0n) is 15.3. The van der Waals surface area contributed by atoms with Crippen LogP contribution in [-0.2, 0) is 11.2 Å². The summed E-state index contributed by atoms with van der Waals surface area (Å²) < 4.78 is 5.14. The van der Waals surface area contributed by atoms with Crippen LogP contribution in [0.5, 0.6) is 5.75 Å². The zero-order chi connectivity index (χ0) is 19.1. The number of carbonyl (C=O) groups is 2. The number of nitrogens with one attached hydrogen (secondary N) is 3. The molecular formula is C20H24N4O3. The normalized spacial score (nSPS) is 13.7. The van der Waals surface area contributed by atoms with Gasteiger partial charge in [-0.2, -0.15) is 0 Å². The van der Waals surface area contributed by atoms with Gasteiger partial charge in [0.25, 0.3) is 0 Å². The van der Waals surface area contributed by atoms with Crippen LogP contribution in [0, 0.1) is 0 Å². The zero-order valence-corrected chi connectivity index (χ0v) is 15.3. The monoisotopic (exact) mass is 368 g/mol. The molecule has 0 spiro atoms. The van der Waals surface area contributed by atoms with Gasteiger partial charge in [0.1, 0.15) is 5.75 Å². The summed E-state index contributed by atoms with van der Waals surface area (Å²) in [7, 11) is 1.63. The van der Waals surface area contributed by atoms with Gasteiger partial charge in [-0.3, -0.25) is 4.79 Å². The number of ether oxygens (including phenoxy) is 1. The fourth-order valence-corrected chi connectivity index (χ4v) is 2.98. The predicted octanol–water partition coefficient (Wildman–Crippen LogP) is 2.00. The van der Waals surface area contributed by atoms with Crippen LogP contribution in [0.1, 0.15) is 5.56 Å². The summed E-state index contributed by atoms with van der Waals surface area (Å²) in [5, 5.41) is 8.56. The van der Waals surface area contributed by atoms with Crippen molar-refractivity contribution < 1.29 is 14.3 Å². The molecule has 0 radical (unpaired) electrons. The van der Waals surface area contributed by atoms with E-state index in [9.17, 15) is 9.59 Å². The quantitative estimate of drug-likeness (QED) is 0.728. The summed E-state index contributed by atoms with van der Waals surface area (Å²) in [6.45, 7) is 2.12. The largest absolute Gasteiger partial charge is 0.497 e. The Labute approximate surface area is 158 Å². The maximum atomic E-state index is 12.3. The van der Waals surface area contributed by atoms with Crippen LogP contribution >= 0.6 is 0 Å². The fraction of sp³-hybridized carbons (Fsp3) is 0.300. The molecule has 0 saturated carbocycles. The molecule has 0 bridgehead atoms. The van der Waals surface area contributed by atoms with Crippen molar-refractivity contribution in [1.82, 2.24) is 10.6 Å². The number of nitrogens with zero attached hydrogens (tertiary/aromatic N) is 1. The first kappa shape index (κ1) is 18.6. The summed E-state index contributed by atoms with van der Waals surface area (Å²) in [4.78, 5) is 25.9. The smallest absolute Gasteiger partial charge is 0.319 e. The summed E-state index contributed by atoms with van der Waals surface area (Å²) in [5.41, 5.74) is 2.66. The molecule has 3 rings (SSSR count). The highest BCUT2D eigenvalue weighted by Crippen LogP contribution is 2.25. The van der Waals surface area contributed by atoms with E-state index in [0.717, 1.165) is 23.4 Å². The molecule has 0 atom stereocenters. The number of para-hydroxylation sites is 2. The minimum Gasteiger partial charge on any atom is -0.497 e. The maximum Gasteiger partial charge on any atom is 0.319 e. The number of hydrogen-bond acceptors (Lipinski definition) is 4.